The van der Waals surface area contributed by atoms with E-state index in [-0.39, 0.29) is 30.1 Å². The van der Waals surface area contributed by atoms with Gasteiger partial charge in [0.25, 0.3) is 0 Å². The van der Waals surface area contributed by atoms with Crippen LogP contribution in [0.4, 0.5) is 4.39 Å². The molecular formula is C7H10Cl2FNO. The van der Waals surface area contributed by atoms with Crippen molar-refractivity contribution in [3.05, 3.63) is 23.1 Å². The van der Waals surface area contributed by atoms with E-state index in [0.29, 0.717) is 5.76 Å². The van der Waals surface area contributed by atoms with Crippen molar-refractivity contribution in [1.29, 1.82) is 0 Å². The first-order chi connectivity index (χ1) is 5.24. The zero-order valence-corrected chi connectivity index (χ0v) is 7.87. The third kappa shape index (κ3) is 3.01. The molecule has 0 fully saturated rings. The van der Waals surface area contributed by atoms with Crippen molar-refractivity contribution < 1.29 is 8.81 Å². The molecule has 0 aliphatic heterocycles. The number of hydrogen-bond acceptors (Lipinski definition) is 2. The Morgan fingerprint density at radius 1 is 1.58 bits per heavy atom. The second-order valence-electron chi connectivity index (χ2n) is 2.23. The fourth-order valence-electron chi connectivity index (χ4n) is 0.787. The van der Waals surface area contributed by atoms with E-state index in [1.165, 1.54) is 0 Å². The zero-order valence-electron chi connectivity index (χ0n) is 6.30. The predicted octanol–water partition coefficient (Wildman–Crippen LogP) is 2.71. The number of alkyl halides is 1. The maximum absolute atomic E-state index is 11.8. The van der Waals surface area contributed by atoms with Crippen LogP contribution in [0.1, 0.15) is 18.2 Å². The number of halogens is 3. The monoisotopic (exact) mass is 213 g/mol. The van der Waals surface area contributed by atoms with Crippen molar-refractivity contribution in [3.8, 4) is 0 Å². The Balaban J connectivity index is 0.00000121. The van der Waals surface area contributed by atoms with Gasteiger partial charge in [-0.2, -0.15) is 0 Å². The van der Waals surface area contributed by atoms with Gasteiger partial charge in [-0.05, 0) is 30.2 Å². The van der Waals surface area contributed by atoms with Gasteiger partial charge in [-0.15, -0.1) is 12.4 Å². The lowest BCUT2D eigenvalue weighted by Crippen LogP contribution is -2.09. The maximum atomic E-state index is 11.8. The summed E-state index contributed by atoms with van der Waals surface area (Å²) in [4.78, 5) is 0. The average Bonchev–Trinajstić information content (AvgIpc) is 2.36. The van der Waals surface area contributed by atoms with Gasteiger partial charge < -0.3 is 10.2 Å². The lowest BCUT2D eigenvalue weighted by atomic mass is 10.2. The quantitative estimate of drug-likeness (QED) is 0.839. The summed E-state index contributed by atoms with van der Waals surface area (Å²) in [5.74, 6) is 0.535. The SMILES string of the molecule is Cl.N[C@@H](CCF)c1ccc(Cl)o1. The van der Waals surface area contributed by atoms with Crippen LogP contribution in [0.5, 0.6) is 0 Å². The van der Waals surface area contributed by atoms with Crippen LogP contribution in [0.3, 0.4) is 0 Å². The van der Waals surface area contributed by atoms with Crippen LogP contribution in [-0.2, 0) is 0 Å². The van der Waals surface area contributed by atoms with E-state index in [1.807, 2.05) is 0 Å². The summed E-state index contributed by atoms with van der Waals surface area (Å²) in [6, 6.07) is 2.87. The molecular weight excluding hydrogens is 204 g/mol. The molecule has 70 valence electrons. The Bertz CT molecular complexity index is 229. The largest absolute Gasteiger partial charge is 0.448 e. The topological polar surface area (TPSA) is 39.2 Å². The van der Waals surface area contributed by atoms with Crippen molar-refractivity contribution in [3.63, 3.8) is 0 Å². The minimum atomic E-state index is -0.445. The predicted molar refractivity (Wildman–Crippen MR) is 48.5 cm³/mol. The Kier molecular flexibility index (Phi) is 5.29. The standard InChI is InChI=1S/C7H9ClFNO.ClH/c8-7-2-1-6(11-7)5(10)3-4-9;/h1-2,5H,3-4,10H2;1H/t5-;/m0./s1. The van der Waals surface area contributed by atoms with Crippen LogP contribution >= 0.6 is 24.0 Å². The normalized spacial score (nSPS) is 12.2. The smallest absolute Gasteiger partial charge is 0.193 e. The van der Waals surface area contributed by atoms with Crippen molar-refractivity contribution in [2.45, 2.75) is 12.5 Å². The highest BCUT2D eigenvalue weighted by Gasteiger charge is 2.09. The van der Waals surface area contributed by atoms with E-state index >= 15 is 0 Å². The molecule has 2 nitrogen and oxygen atoms in total. The van der Waals surface area contributed by atoms with Gasteiger partial charge in [0.1, 0.15) is 5.76 Å². The Labute approximate surface area is 81.3 Å². The molecule has 0 saturated carbocycles. The molecule has 1 atom stereocenters. The van der Waals surface area contributed by atoms with E-state index in [1.54, 1.807) is 12.1 Å². The van der Waals surface area contributed by atoms with Crippen LogP contribution in [-0.4, -0.2) is 6.67 Å². The molecule has 0 unspecified atom stereocenters. The van der Waals surface area contributed by atoms with Crippen molar-refractivity contribution in [2.24, 2.45) is 5.73 Å². The van der Waals surface area contributed by atoms with Crippen LogP contribution in [0.15, 0.2) is 16.5 Å². The second kappa shape index (κ2) is 5.41. The molecule has 5 heteroatoms. The van der Waals surface area contributed by atoms with E-state index in [9.17, 15) is 4.39 Å². The van der Waals surface area contributed by atoms with Crippen molar-refractivity contribution in [1.82, 2.24) is 0 Å². The minimum absolute atomic E-state index is 0. The second-order valence-corrected chi connectivity index (χ2v) is 2.60. The Morgan fingerprint density at radius 3 is 2.67 bits per heavy atom. The van der Waals surface area contributed by atoms with Crippen LogP contribution in [0.25, 0.3) is 0 Å². The van der Waals surface area contributed by atoms with Crippen LogP contribution in [0.2, 0.25) is 5.22 Å². The van der Waals surface area contributed by atoms with E-state index in [0.717, 1.165) is 0 Å². The molecule has 1 rings (SSSR count). The van der Waals surface area contributed by atoms with Crippen molar-refractivity contribution >= 4 is 24.0 Å². The highest BCUT2D eigenvalue weighted by atomic mass is 35.5. The third-order valence-electron chi connectivity index (χ3n) is 1.38. The molecule has 0 spiro atoms. The lowest BCUT2D eigenvalue weighted by molar-refractivity contribution is 0.397. The Morgan fingerprint density at radius 2 is 2.25 bits per heavy atom. The van der Waals surface area contributed by atoms with Crippen molar-refractivity contribution in [2.75, 3.05) is 6.67 Å². The highest BCUT2D eigenvalue weighted by molar-refractivity contribution is 6.28. The maximum Gasteiger partial charge on any atom is 0.193 e. The van der Waals surface area contributed by atoms with Gasteiger partial charge in [-0.3, -0.25) is 4.39 Å². The lowest BCUT2D eigenvalue weighted by Gasteiger charge is -2.03. The van der Waals surface area contributed by atoms with Gasteiger partial charge in [0.15, 0.2) is 5.22 Å². The Hall–Kier alpha value is -0.250. The molecule has 1 aromatic heterocycles. The first-order valence-electron chi connectivity index (χ1n) is 3.31. The van der Waals surface area contributed by atoms with Gasteiger partial charge in [-0.25, -0.2) is 0 Å². The summed E-state index contributed by atoms with van der Waals surface area (Å²) < 4.78 is 16.8. The fraction of sp³-hybridized carbons (Fsp3) is 0.429. The first-order valence-corrected chi connectivity index (χ1v) is 3.68. The number of hydrogen-bond donors (Lipinski definition) is 1. The molecule has 2 N–H and O–H groups in total. The molecule has 0 saturated heterocycles. The molecule has 0 aliphatic carbocycles. The van der Waals surface area contributed by atoms with Gasteiger partial charge in [0.2, 0.25) is 0 Å². The molecule has 0 aromatic carbocycles. The van der Waals surface area contributed by atoms with Gasteiger partial charge in [0.05, 0.1) is 12.7 Å². The number of furan rings is 1. The zero-order chi connectivity index (χ0) is 8.27. The molecule has 0 radical (unpaired) electrons. The van der Waals surface area contributed by atoms with Gasteiger partial charge in [0, 0.05) is 0 Å². The number of rotatable bonds is 3. The summed E-state index contributed by atoms with van der Waals surface area (Å²) >= 11 is 5.49. The molecule has 1 heterocycles. The minimum Gasteiger partial charge on any atom is -0.448 e. The summed E-state index contributed by atoms with van der Waals surface area (Å²) in [5, 5.41) is 0.286. The van der Waals surface area contributed by atoms with Gasteiger partial charge in [-0.1, -0.05) is 0 Å². The molecule has 0 amide bonds. The van der Waals surface area contributed by atoms with Crippen LogP contribution in [0, 0.1) is 0 Å². The summed E-state index contributed by atoms with van der Waals surface area (Å²) in [6.07, 6.45) is 0.268. The van der Waals surface area contributed by atoms with E-state index in [2.05, 4.69) is 0 Å². The third-order valence-corrected chi connectivity index (χ3v) is 1.58. The fourth-order valence-corrected chi connectivity index (χ4v) is 0.939. The average molecular weight is 214 g/mol. The van der Waals surface area contributed by atoms with E-state index in [4.69, 9.17) is 21.8 Å². The van der Waals surface area contributed by atoms with E-state index < -0.39 is 6.67 Å². The summed E-state index contributed by atoms with van der Waals surface area (Å²) in [5.41, 5.74) is 5.53. The first kappa shape index (κ1) is 11.8. The van der Waals surface area contributed by atoms with Crippen LogP contribution < -0.4 is 5.73 Å². The molecule has 0 bridgehead atoms. The number of nitrogens with two attached hydrogens (primary N) is 1. The highest BCUT2D eigenvalue weighted by Crippen LogP contribution is 2.20. The molecule has 0 aliphatic rings. The molecule has 12 heavy (non-hydrogen) atoms. The molecule has 1 aromatic rings. The van der Waals surface area contributed by atoms with Gasteiger partial charge >= 0.3 is 0 Å². The summed E-state index contributed by atoms with van der Waals surface area (Å²) in [7, 11) is 0. The summed E-state index contributed by atoms with van der Waals surface area (Å²) in [6.45, 7) is -0.445.